The topological polar surface area (TPSA) is 57.3 Å². The molecule has 0 unspecified atom stereocenters. The highest BCUT2D eigenvalue weighted by Crippen LogP contribution is 2.31. The predicted molar refractivity (Wildman–Crippen MR) is 129 cm³/mol. The Labute approximate surface area is 195 Å². The lowest BCUT2D eigenvalue weighted by molar-refractivity contribution is -0.116. The van der Waals surface area contributed by atoms with Crippen LogP contribution < -0.4 is 20.0 Å². The summed E-state index contributed by atoms with van der Waals surface area (Å²) in [5.74, 6) is 0.924. The number of fused-ring (bicyclic) bond motifs is 1. The summed E-state index contributed by atoms with van der Waals surface area (Å²) >= 11 is 0. The average molecular weight is 449 g/mol. The molecule has 1 amide bonds. The third-order valence-electron chi connectivity index (χ3n) is 6.41. The van der Waals surface area contributed by atoms with Crippen molar-refractivity contribution in [2.24, 2.45) is 0 Å². The number of hydroxylamine groups is 1. The van der Waals surface area contributed by atoms with Crippen LogP contribution in [0.3, 0.4) is 0 Å². The summed E-state index contributed by atoms with van der Waals surface area (Å²) in [5, 5.41) is 0. The van der Waals surface area contributed by atoms with E-state index in [0.717, 1.165) is 56.3 Å². The van der Waals surface area contributed by atoms with Crippen LogP contribution in [0, 0.1) is 0 Å². The highest BCUT2D eigenvalue weighted by atomic mass is 16.7. The minimum atomic E-state index is -0.134. The van der Waals surface area contributed by atoms with Crippen molar-refractivity contribution in [2.75, 3.05) is 49.1 Å². The Morgan fingerprint density at radius 2 is 1.76 bits per heavy atom. The number of ether oxygens (including phenoxy) is 1. The van der Waals surface area contributed by atoms with Crippen molar-refractivity contribution in [3.8, 4) is 5.75 Å². The minimum absolute atomic E-state index is 0.0194. The fraction of sp³-hybridized carbons (Fsp3) is 0.423. The van der Waals surface area contributed by atoms with Crippen molar-refractivity contribution in [3.63, 3.8) is 0 Å². The van der Waals surface area contributed by atoms with Gasteiger partial charge in [-0.15, -0.1) is 0 Å². The molecule has 1 fully saturated rings. The number of para-hydroxylation sites is 3. The second kappa shape index (κ2) is 9.45. The second-order valence-corrected chi connectivity index (χ2v) is 9.10. The summed E-state index contributed by atoms with van der Waals surface area (Å²) in [5.41, 5.74) is 6.80. The molecule has 0 bridgehead atoms. The van der Waals surface area contributed by atoms with Crippen molar-refractivity contribution >= 4 is 17.3 Å². The van der Waals surface area contributed by atoms with E-state index in [0.29, 0.717) is 12.2 Å². The molecular formula is C26H32N4O3. The summed E-state index contributed by atoms with van der Waals surface area (Å²) in [7, 11) is 0. The van der Waals surface area contributed by atoms with E-state index in [1.807, 2.05) is 41.3 Å². The number of piperazine rings is 1. The van der Waals surface area contributed by atoms with Crippen LogP contribution in [0.5, 0.6) is 5.75 Å². The molecule has 1 saturated heterocycles. The standard InChI is InChI=1S/C26H32N4O3/c1-19(2)32-25-10-6-5-9-24(25)29-15-13-28(14-16-29)18-21-17-22(27-33-21)26(31)30-12-11-20-7-3-4-8-23(20)30/h3-10,17,19,21,27H,11-16,18H2,1-2H3/t21-/m0/s1. The molecular weight excluding hydrogens is 416 g/mol. The van der Waals surface area contributed by atoms with E-state index in [4.69, 9.17) is 9.57 Å². The summed E-state index contributed by atoms with van der Waals surface area (Å²) in [6.45, 7) is 9.32. The van der Waals surface area contributed by atoms with Crippen LogP contribution in [0.2, 0.25) is 0 Å². The largest absolute Gasteiger partial charge is 0.489 e. The molecule has 7 heteroatoms. The quantitative estimate of drug-likeness (QED) is 0.733. The highest BCUT2D eigenvalue weighted by molar-refractivity contribution is 6.06. The maximum Gasteiger partial charge on any atom is 0.276 e. The van der Waals surface area contributed by atoms with E-state index < -0.39 is 0 Å². The van der Waals surface area contributed by atoms with Gasteiger partial charge in [-0.05, 0) is 50.1 Å². The number of anilines is 2. The first kappa shape index (κ1) is 21.8. The monoisotopic (exact) mass is 448 g/mol. The molecule has 3 aliphatic heterocycles. The maximum atomic E-state index is 13.0. The first-order chi connectivity index (χ1) is 16.1. The van der Waals surface area contributed by atoms with E-state index in [1.165, 1.54) is 5.56 Å². The zero-order valence-corrected chi connectivity index (χ0v) is 19.4. The van der Waals surface area contributed by atoms with Crippen molar-refractivity contribution in [1.29, 1.82) is 0 Å². The van der Waals surface area contributed by atoms with Gasteiger partial charge >= 0.3 is 0 Å². The minimum Gasteiger partial charge on any atom is -0.489 e. The lowest BCUT2D eigenvalue weighted by atomic mass is 10.2. The van der Waals surface area contributed by atoms with Crippen LogP contribution in [0.25, 0.3) is 0 Å². The van der Waals surface area contributed by atoms with Gasteiger partial charge in [0, 0.05) is 45.0 Å². The molecule has 0 radical (unpaired) electrons. The lowest BCUT2D eigenvalue weighted by Gasteiger charge is -2.37. The number of hydrogen-bond donors (Lipinski definition) is 1. The van der Waals surface area contributed by atoms with Gasteiger partial charge in [-0.2, -0.15) is 0 Å². The molecule has 0 aromatic heterocycles. The van der Waals surface area contributed by atoms with Crippen LogP contribution in [0.4, 0.5) is 11.4 Å². The molecule has 174 valence electrons. The van der Waals surface area contributed by atoms with Gasteiger partial charge in [0.05, 0.1) is 11.8 Å². The Morgan fingerprint density at radius 3 is 2.55 bits per heavy atom. The molecule has 0 aliphatic carbocycles. The molecule has 3 aliphatic rings. The van der Waals surface area contributed by atoms with Gasteiger partial charge < -0.3 is 14.5 Å². The fourth-order valence-corrected chi connectivity index (χ4v) is 4.79. The number of hydrogen-bond acceptors (Lipinski definition) is 6. The van der Waals surface area contributed by atoms with Gasteiger partial charge in [0.15, 0.2) is 0 Å². The number of nitrogens with zero attached hydrogens (tertiary/aromatic N) is 3. The molecule has 1 atom stereocenters. The van der Waals surface area contributed by atoms with E-state index in [2.05, 4.69) is 47.3 Å². The Balaban J connectivity index is 1.16. The van der Waals surface area contributed by atoms with Gasteiger partial charge in [-0.1, -0.05) is 30.3 Å². The van der Waals surface area contributed by atoms with E-state index in [1.54, 1.807) is 0 Å². The smallest absolute Gasteiger partial charge is 0.276 e. The van der Waals surface area contributed by atoms with Gasteiger partial charge in [0.2, 0.25) is 0 Å². The molecule has 2 aromatic carbocycles. The van der Waals surface area contributed by atoms with Crippen LogP contribution in [0.15, 0.2) is 60.3 Å². The van der Waals surface area contributed by atoms with Crippen LogP contribution in [-0.4, -0.2) is 62.3 Å². The Morgan fingerprint density at radius 1 is 1.03 bits per heavy atom. The fourth-order valence-electron chi connectivity index (χ4n) is 4.79. The van der Waals surface area contributed by atoms with Crippen LogP contribution in [0.1, 0.15) is 19.4 Å². The average Bonchev–Trinajstić information content (AvgIpc) is 3.47. The van der Waals surface area contributed by atoms with Crippen LogP contribution in [-0.2, 0) is 16.1 Å². The van der Waals surface area contributed by atoms with Crippen molar-refractivity contribution < 1.29 is 14.4 Å². The third-order valence-corrected chi connectivity index (χ3v) is 6.41. The summed E-state index contributed by atoms with van der Waals surface area (Å²) < 4.78 is 6.00. The first-order valence-corrected chi connectivity index (χ1v) is 11.8. The molecule has 2 aromatic rings. The van der Waals surface area contributed by atoms with Gasteiger partial charge in [-0.25, -0.2) is 0 Å². The predicted octanol–water partition coefficient (Wildman–Crippen LogP) is 2.97. The van der Waals surface area contributed by atoms with Crippen molar-refractivity contribution in [3.05, 3.63) is 65.9 Å². The Kier molecular flexibility index (Phi) is 6.24. The summed E-state index contributed by atoms with van der Waals surface area (Å²) in [4.78, 5) is 25.4. The summed E-state index contributed by atoms with van der Waals surface area (Å²) in [6, 6.07) is 16.4. The zero-order chi connectivity index (χ0) is 22.8. The maximum absolute atomic E-state index is 13.0. The molecule has 33 heavy (non-hydrogen) atoms. The van der Waals surface area contributed by atoms with E-state index >= 15 is 0 Å². The highest BCUT2D eigenvalue weighted by Gasteiger charge is 2.31. The van der Waals surface area contributed by atoms with Gasteiger partial charge in [0.25, 0.3) is 5.91 Å². The van der Waals surface area contributed by atoms with E-state index in [9.17, 15) is 4.79 Å². The molecule has 1 N–H and O–H groups in total. The Bertz CT molecular complexity index is 1030. The van der Waals surface area contributed by atoms with Crippen molar-refractivity contribution in [1.82, 2.24) is 10.4 Å². The molecule has 5 rings (SSSR count). The molecule has 3 heterocycles. The van der Waals surface area contributed by atoms with Gasteiger partial charge in [0.1, 0.15) is 17.6 Å². The SMILES string of the molecule is CC(C)Oc1ccccc1N1CCN(C[C@@H]2C=C(C(=O)N3CCc4ccccc43)NO2)CC1. The summed E-state index contributed by atoms with van der Waals surface area (Å²) in [6.07, 6.45) is 2.85. The molecule has 7 nitrogen and oxygen atoms in total. The zero-order valence-electron chi connectivity index (χ0n) is 19.4. The number of amides is 1. The number of carbonyl (C=O) groups excluding carboxylic acids is 1. The van der Waals surface area contributed by atoms with Crippen LogP contribution >= 0.6 is 0 Å². The molecule has 0 spiro atoms. The number of carbonyl (C=O) groups is 1. The second-order valence-electron chi connectivity index (χ2n) is 9.10. The van der Waals surface area contributed by atoms with Gasteiger partial charge in [-0.3, -0.25) is 20.0 Å². The number of nitrogens with one attached hydrogen (secondary N) is 1. The molecule has 0 saturated carbocycles. The first-order valence-electron chi connectivity index (χ1n) is 11.8. The normalized spacial score (nSPS) is 20.6. The number of rotatable bonds is 6. The van der Waals surface area contributed by atoms with Crippen molar-refractivity contribution in [2.45, 2.75) is 32.5 Å². The van der Waals surface area contributed by atoms with E-state index in [-0.39, 0.29) is 18.1 Å². The lowest BCUT2D eigenvalue weighted by Crippen LogP contribution is -2.48. The Hall–Kier alpha value is -3.03. The number of benzene rings is 2. The third kappa shape index (κ3) is 4.70.